The van der Waals surface area contributed by atoms with E-state index in [1.165, 1.54) is 38.5 Å². The molecule has 2 fully saturated rings. The molecule has 0 bridgehead atoms. The summed E-state index contributed by atoms with van der Waals surface area (Å²) in [5.41, 5.74) is 6.23. The first-order valence-corrected chi connectivity index (χ1v) is 20.9. The summed E-state index contributed by atoms with van der Waals surface area (Å²) in [6.07, 6.45) is 13.9. The zero-order valence-corrected chi connectivity index (χ0v) is 33.1. The first-order valence-electron chi connectivity index (χ1n) is 16.8. The van der Waals surface area contributed by atoms with E-state index >= 15 is 0 Å². The van der Waals surface area contributed by atoms with Crippen LogP contribution in [0.2, 0.25) is 0 Å². The normalized spacial score (nSPS) is 16.6. The van der Waals surface area contributed by atoms with Gasteiger partial charge in [0.15, 0.2) is 0 Å². The standard InChI is InChI=1S/C33H31P2.C11H18P.Fe/c1-33(2,3)26-24-31(34(27-16-8-4-9-17-27)28-18-10-5-11-19-28)32(25-26)35(29-20-12-6-13-21-29)30-22-14-7-15-23-30;1-9(2)12(10(3)4)11-7-5-6-8-11;/h4-25H,1-3H3;5-10H,1-4H3;. The molecule has 0 saturated heterocycles. The molecular formula is C44H49FeP3. The molecule has 2 saturated carbocycles. The maximum Gasteiger partial charge on any atom is 0.0251 e. The second-order valence-electron chi connectivity index (χ2n) is 13.5. The predicted molar refractivity (Wildman–Crippen MR) is 214 cm³/mol. The van der Waals surface area contributed by atoms with Crippen LogP contribution in [0.25, 0.3) is 0 Å². The van der Waals surface area contributed by atoms with Crippen molar-refractivity contribution in [2.24, 2.45) is 5.41 Å². The zero-order valence-electron chi connectivity index (χ0n) is 29.4. The fourth-order valence-corrected chi connectivity index (χ4v) is 14.4. The second kappa shape index (κ2) is 18.8. The van der Waals surface area contributed by atoms with Crippen LogP contribution in [-0.4, -0.2) is 11.3 Å². The third-order valence-corrected chi connectivity index (χ3v) is 16.6. The van der Waals surface area contributed by atoms with E-state index in [0.717, 1.165) is 11.3 Å². The quantitative estimate of drug-likeness (QED) is 0.119. The van der Waals surface area contributed by atoms with Crippen molar-refractivity contribution in [3.8, 4) is 0 Å². The van der Waals surface area contributed by atoms with E-state index in [2.05, 4.69) is 208 Å². The van der Waals surface area contributed by atoms with Gasteiger partial charge in [-0.3, -0.25) is 0 Å². The van der Waals surface area contributed by atoms with Gasteiger partial charge in [-0.25, -0.2) is 0 Å². The van der Waals surface area contributed by atoms with Crippen molar-refractivity contribution < 1.29 is 17.1 Å². The van der Waals surface area contributed by atoms with Gasteiger partial charge < -0.3 is 0 Å². The summed E-state index contributed by atoms with van der Waals surface area (Å²) in [6.45, 7) is 16.3. The average molecular weight is 727 g/mol. The molecule has 0 aliphatic heterocycles. The van der Waals surface area contributed by atoms with Crippen LogP contribution in [0.1, 0.15) is 48.5 Å². The Balaban J connectivity index is 0.000000340. The Kier molecular flexibility index (Phi) is 15.5. The molecule has 0 unspecified atom stereocenters. The third-order valence-electron chi connectivity index (χ3n) is 8.31. The van der Waals surface area contributed by atoms with Gasteiger partial charge in [-0.1, -0.05) is 178 Å². The first kappa shape index (κ1) is 39.5. The van der Waals surface area contributed by atoms with Gasteiger partial charge in [0.1, 0.15) is 0 Å². The van der Waals surface area contributed by atoms with Gasteiger partial charge in [0, 0.05) is 34.0 Å². The Labute approximate surface area is 308 Å². The molecule has 0 heterocycles. The van der Waals surface area contributed by atoms with Crippen LogP contribution in [0.15, 0.2) is 121 Å². The van der Waals surface area contributed by atoms with Crippen LogP contribution in [0.3, 0.4) is 0 Å². The average Bonchev–Trinajstić information content (AvgIpc) is 3.75. The molecule has 0 N–H and O–H groups in total. The number of hydrogen-bond donors (Lipinski definition) is 0. The van der Waals surface area contributed by atoms with E-state index in [9.17, 15) is 0 Å². The SMILES string of the molecule is CC(C)(C)[C]1[CH][C](P(c2ccccc2)c2ccccc2)[C](P(c2ccccc2)c2ccccc2)[CH]1.CC(C)P([C]1[CH][CH][CH][CH]1)C(C)C.[Fe]. The van der Waals surface area contributed by atoms with E-state index in [-0.39, 0.29) is 30.4 Å². The predicted octanol–water partition coefficient (Wildman–Crippen LogP) is 11.0. The van der Waals surface area contributed by atoms with Crippen molar-refractivity contribution in [2.45, 2.75) is 59.8 Å². The van der Waals surface area contributed by atoms with Gasteiger partial charge >= 0.3 is 0 Å². The molecule has 0 nitrogen and oxygen atoms in total. The van der Waals surface area contributed by atoms with Crippen molar-refractivity contribution in [2.75, 3.05) is 0 Å². The van der Waals surface area contributed by atoms with E-state index in [1.54, 1.807) is 5.66 Å². The van der Waals surface area contributed by atoms with Gasteiger partial charge in [-0.2, -0.15) is 0 Å². The van der Waals surface area contributed by atoms with E-state index in [1.807, 2.05) is 0 Å². The monoisotopic (exact) mass is 726 g/mol. The molecule has 2 aliphatic rings. The molecule has 0 amide bonds. The molecule has 2 aliphatic carbocycles. The van der Waals surface area contributed by atoms with Crippen LogP contribution < -0.4 is 21.2 Å². The molecular weight excluding hydrogens is 677 g/mol. The fraction of sp³-hybridized carbons (Fsp3) is 0.227. The maximum absolute atomic E-state index is 2.52. The molecule has 4 aromatic rings. The summed E-state index contributed by atoms with van der Waals surface area (Å²) in [6, 6.07) is 44.4. The largest absolute Gasteiger partial charge is 0.0935 e. The summed E-state index contributed by atoms with van der Waals surface area (Å²) in [7, 11) is -1.32. The van der Waals surface area contributed by atoms with E-state index < -0.39 is 15.8 Å². The van der Waals surface area contributed by atoms with Crippen LogP contribution in [0, 0.1) is 66.8 Å². The van der Waals surface area contributed by atoms with Crippen molar-refractivity contribution in [3.63, 3.8) is 0 Å². The zero-order chi connectivity index (χ0) is 33.4. The smallest absolute Gasteiger partial charge is 0.0251 e. The minimum atomic E-state index is -0.690. The molecule has 48 heavy (non-hydrogen) atoms. The van der Waals surface area contributed by atoms with Gasteiger partial charge in [0.2, 0.25) is 0 Å². The maximum atomic E-state index is 2.52. The summed E-state index contributed by atoms with van der Waals surface area (Å²) in [5.74, 6) is 1.42. The molecule has 248 valence electrons. The van der Waals surface area contributed by atoms with E-state index in [0.29, 0.717) is 0 Å². The number of hydrogen-bond acceptors (Lipinski definition) is 0. The van der Waals surface area contributed by atoms with Crippen molar-refractivity contribution in [3.05, 3.63) is 183 Å². The van der Waals surface area contributed by atoms with Gasteiger partial charge in [-0.15, -0.1) is 0 Å². The molecule has 0 aromatic heterocycles. The summed E-state index contributed by atoms with van der Waals surface area (Å²) < 4.78 is 0. The molecule has 0 spiro atoms. The number of benzene rings is 4. The Hall–Kier alpha value is -1.31. The summed E-state index contributed by atoms with van der Waals surface area (Å²) >= 11 is 0. The Morgan fingerprint density at radius 1 is 0.458 bits per heavy atom. The van der Waals surface area contributed by atoms with Gasteiger partial charge in [0.05, 0.1) is 0 Å². The van der Waals surface area contributed by atoms with Crippen LogP contribution in [-0.2, 0) is 17.1 Å². The number of rotatable bonds is 9. The van der Waals surface area contributed by atoms with Crippen molar-refractivity contribution >= 4 is 45.0 Å². The van der Waals surface area contributed by atoms with Crippen molar-refractivity contribution in [1.29, 1.82) is 0 Å². The third kappa shape index (κ3) is 10.1. The minimum absolute atomic E-state index is 0. The second-order valence-corrected chi connectivity index (χ2v) is 21.3. The van der Waals surface area contributed by atoms with Gasteiger partial charge in [0.25, 0.3) is 0 Å². The molecule has 0 atom stereocenters. The van der Waals surface area contributed by atoms with Crippen molar-refractivity contribution in [1.82, 2.24) is 0 Å². The van der Waals surface area contributed by atoms with Crippen LogP contribution >= 0.6 is 23.8 Å². The summed E-state index contributed by atoms with van der Waals surface area (Å²) in [4.78, 5) is 0. The molecule has 4 aromatic carbocycles. The molecule has 10 radical (unpaired) electrons. The van der Waals surface area contributed by atoms with Crippen LogP contribution in [0.4, 0.5) is 0 Å². The topological polar surface area (TPSA) is 0 Å². The Morgan fingerprint density at radius 3 is 1.00 bits per heavy atom. The van der Waals surface area contributed by atoms with Gasteiger partial charge in [-0.05, 0) is 98.2 Å². The molecule has 6 rings (SSSR count). The summed E-state index contributed by atoms with van der Waals surface area (Å²) in [5, 5.41) is 5.60. The van der Waals surface area contributed by atoms with E-state index in [4.69, 9.17) is 0 Å². The minimum Gasteiger partial charge on any atom is -0.0935 e. The Morgan fingerprint density at radius 2 is 0.750 bits per heavy atom. The van der Waals surface area contributed by atoms with Crippen LogP contribution in [0.5, 0.6) is 0 Å². The fourth-order valence-electron chi connectivity index (χ4n) is 6.17. The molecule has 4 heteroatoms. The first-order chi connectivity index (χ1) is 22.6. The Bertz CT molecular complexity index is 1270.